The highest BCUT2D eigenvalue weighted by Gasteiger charge is 2.34. The number of anilines is 1. The number of aromatic nitrogens is 5. The van der Waals surface area contributed by atoms with Gasteiger partial charge >= 0.3 is 6.18 Å². The van der Waals surface area contributed by atoms with E-state index in [0.29, 0.717) is 11.3 Å². The molecule has 2 N–H and O–H groups in total. The van der Waals surface area contributed by atoms with E-state index in [1.807, 2.05) is 6.07 Å². The number of hydrogen-bond acceptors (Lipinski definition) is 6. The first-order valence-electron chi connectivity index (χ1n) is 10.9. The van der Waals surface area contributed by atoms with E-state index >= 15 is 0 Å². The second kappa shape index (κ2) is 10.3. The molecule has 0 saturated heterocycles. The number of hydrogen-bond donors (Lipinski definition) is 2. The average Bonchev–Trinajstić information content (AvgIpc) is 3.52. The molecule has 14 heteroatoms. The Hall–Kier alpha value is -4.70. The van der Waals surface area contributed by atoms with Gasteiger partial charge in [-0.25, -0.2) is 9.36 Å². The maximum atomic E-state index is 13.5. The first kappa shape index (κ1) is 26.4. The van der Waals surface area contributed by atoms with E-state index in [0.717, 1.165) is 10.9 Å². The molecule has 38 heavy (non-hydrogen) atoms. The number of benzene rings is 2. The monoisotopic (exact) mass is 542 g/mol. The number of aryl methyl sites for hydroxylation is 1. The van der Waals surface area contributed by atoms with Gasteiger partial charge in [0.15, 0.2) is 5.69 Å². The van der Waals surface area contributed by atoms with Gasteiger partial charge in [0, 0.05) is 7.05 Å². The molecule has 2 aromatic heterocycles. The van der Waals surface area contributed by atoms with E-state index in [1.54, 1.807) is 31.2 Å². The first-order valence-corrected chi connectivity index (χ1v) is 11.3. The minimum Gasteiger partial charge on any atom is -0.355 e. The molecular formula is C24H18ClF3N8O2. The maximum Gasteiger partial charge on any atom is 0.436 e. The molecule has 0 fully saturated rings. The number of rotatable bonds is 6. The topological polar surface area (TPSA) is 131 Å². The molecule has 0 aliphatic carbocycles. The second-order valence-electron chi connectivity index (χ2n) is 8.04. The Bertz CT molecular complexity index is 1590. The van der Waals surface area contributed by atoms with Crippen molar-refractivity contribution in [1.29, 1.82) is 5.26 Å². The zero-order valence-corrected chi connectivity index (χ0v) is 20.6. The number of nitrogens with zero attached hydrogens (tertiary/aromatic N) is 6. The van der Waals surface area contributed by atoms with Crippen molar-refractivity contribution >= 4 is 29.1 Å². The third-order valence-corrected chi connectivity index (χ3v) is 5.72. The molecule has 194 valence electrons. The maximum absolute atomic E-state index is 13.5. The molecule has 0 atom stereocenters. The number of carbonyl (C=O) groups is 2. The van der Waals surface area contributed by atoms with E-state index in [2.05, 4.69) is 26.0 Å². The van der Waals surface area contributed by atoms with Crippen molar-refractivity contribution in [1.82, 2.24) is 30.1 Å². The van der Waals surface area contributed by atoms with Crippen LogP contribution in [0.3, 0.4) is 0 Å². The van der Waals surface area contributed by atoms with Crippen LogP contribution in [0.2, 0.25) is 5.02 Å². The van der Waals surface area contributed by atoms with E-state index in [-0.39, 0.29) is 39.8 Å². The Morgan fingerprint density at radius 1 is 1.16 bits per heavy atom. The van der Waals surface area contributed by atoms with Crippen LogP contribution in [0.4, 0.5) is 18.9 Å². The van der Waals surface area contributed by atoms with Gasteiger partial charge in [-0.2, -0.15) is 23.5 Å². The summed E-state index contributed by atoms with van der Waals surface area (Å²) in [7, 11) is 1.41. The fraction of sp³-hybridized carbons (Fsp3) is 0.167. The summed E-state index contributed by atoms with van der Waals surface area (Å²) in [5, 5.41) is 25.7. The molecule has 0 bridgehead atoms. The Balaban J connectivity index is 1.76. The quantitative estimate of drug-likeness (QED) is 0.379. The Morgan fingerprint density at radius 2 is 1.89 bits per heavy atom. The Labute approximate surface area is 218 Å². The summed E-state index contributed by atoms with van der Waals surface area (Å²) >= 11 is 6.33. The molecule has 4 rings (SSSR count). The van der Waals surface area contributed by atoms with Crippen molar-refractivity contribution in [3.8, 4) is 11.8 Å². The van der Waals surface area contributed by atoms with Gasteiger partial charge in [-0.1, -0.05) is 28.9 Å². The van der Waals surface area contributed by atoms with Crippen molar-refractivity contribution in [3.05, 3.63) is 87.5 Å². The van der Waals surface area contributed by atoms with Gasteiger partial charge < -0.3 is 10.6 Å². The summed E-state index contributed by atoms with van der Waals surface area (Å²) in [6.45, 7) is 1.41. The standard InChI is InChI=1S/C24H18ClF3N8O2/c1-13-7-14(10-29)8-16(22(37)30-2)21(13)31-23(38)19-9-15(11-35-12-20(32-34-35)24(26,27)28)33-36(19)18-6-4-3-5-17(18)25/h3-9,12H,11H2,1-2H3,(H,30,37)(H,31,38). The Kier molecular flexibility index (Phi) is 7.18. The predicted molar refractivity (Wildman–Crippen MR) is 130 cm³/mol. The molecule has 0 saturated carbocycles. The number of nitriles is 1. The smallest absolute Gasteiger partial charge is 0.355 e. The summed E-state index contributed by atoms with van der Waals surface area (Å²) in [4.78, 5) is 26.0. The predicted octanol–water partition coefficient (Wildman–Crippen LogP) is 3.98. The van der Waals surface area contributed by atoms with Crippen LogP contribution in [0.15, 0.2) is 48.7 Å². The molecule has 10 nitrogen and oxygen atoms in total. The SMILES string of the molecule is CNC(=O)c1cc(C#N)cc(C)c1NC(=O)c1cc(Cn2cc(C(F)(F)F)nn2)nn1-c1ccccc1Cl. The van der Waals surface area contributed by atoms with E-state index < -0.39 is 23.7 Å². The number of halogens is 4. The van der Waals surface area contributed by atoms with E-state index in [4.69, 9.17) is 11.6 Å². The molecular weight excluding hydrogens is 525 g/mol. The fourth-order valence-corrected chi connectivity index (χ4v) is 3.87. The minimum absolute atomic E-state index is 0.0177. The van der Waals surface area contributed by atoms with Gasteiger partial charge in [0.1, 0.15) is 5.69 Å². The lowest BCUT2D eigenvalue weighted by molar-refractivity contribution is -0.141. The van der Waals surface area contributed by atoms with Crippen molar-refractivity contribution in [2.24, 2.45) is 0 Å². The Morgan fingerprint density at radius 3 is 2.53 bits per heavy atom. The third-order valence-electron chi connectivity index (χ3n) is 5.40. The zero-order chi connectivity index (χ0) is 27.6. The summed E-state index contributed by atoms with van der Waals surface area (Å²) in [6, 6.07) is 12.7. The van der Waals surface area contributed by atoms with Crippen LogP contribution in [0.5, 0.6) is 0 Å². The van der Waals surface area contributed by atoms with Crippen LogP contribution in [-0.2, 0) is 12.7 Å². The molecule has 4 aromatic rings. The fourth-order valence-electron chi connectivity index (χ4n) is 3.66. The van der Waals surface area contributed by atoms with Crippen LogP contribution in [0.25, 0.3) is 5.69 Å². The molecule has 0 aliphatic heterocycles. The minimum atomic E-state index is -4.67. The number of alkyl halides is 3. The number of nitrogens with one attached hydrogen (secondary N) is 2. The van der Waals surface area contributed by atoms with Crippen LogP contribution >= 0.6 is 11.6 Å². The molecule has 2 aromatic carbocycles. The van der Waals surface area contributed by atoms with Crippen LogP contribution in [-0.4, -0.2) is 43.6 Å². The lowest BCUT2D eigenvalue weighted by Crippen LogP contribution is -2.23. The average molecular weight is 543 g/mol. The molecule has 0 unspecified atom stereocenters. The van der Waals surface area contributed by atoms with Crippen LogP contribution in [0, 0.1) is 18.3 Å². The second-order valence-corrected chi connectivity index (χ2v) is 8.45. The van der Waals surface area contributed by atoms with E-state index in [1.165, 1.54) is 29.9 Å². The molecule has 0 aliphatic rings. The van der Waals surface area contributed by atoms with Gasteiger partial charge in [0.25, 0.3) is 11.8 Å². The van der Waals surface area contributed by atoms with Crippen molar-refractivity contribution in [2.45, 2.75) is 19.6 Å². The number of carbonyl (C=O) groups excluding carboxylic acids is 2. The van der Waals surface area contributed by atoms with Gasteiger partial charge in [-0.15, -0.1) is 5.10 Å². The molecule has 0 spiro atoms. The largest absolute Gasteiger partial charge is 0.436 e. The summed E-state index contributed by atoms with van der Waals surface area (Å²) in [6.07, 6.45) is -3.94. The summed E-state index contributed by atoms with van der Waals surface area (Å²) < 4.78 is 41.0. The normalized spacial score (nSPS) is 11.2. The molecule has 2 heterocycles. The third kappa shape index (κ3) is 5.35. The summed E-state index contributed by atoms with van der Waals surface area (Å²) in [5.41, 5.74) is 0.280. The molecule has 0 radical (unpaired) electrons. The number of para-hydroxylation sites is 1. The first-order chi connectivity index (χ1) is 18.0. The van der Waals surface area contributed by atoms with E-state index in [9.17, 15) is 28.0 Å². The van der Waals surface area contributed by atoms with Crippen molar-refractivity contribution < 1.29 is 22.8 Å². The highest BCUT2D eigenvalue weighted by molar-refractivity contribution is 6.32. The summed E-state index contributed by atoms with van der Waals surface area (Å²) in [5.74, 6) is -1.20. The van der Waals surface area contributed by atoms with Gasteiger partial charge in [-0.3, -0.25) is 9.59 Å². The van der Waals surface area contributed by atoms with Gasteiger partial charge in [0.2, 0.25) is 0 Å². The lowest BCUT2D eigenvalue weighted by atomic mass is 10.0. The lowest BCUT2D eigenvalue weighted by Gasteiger charge is -2.15. The number of amides is 2. The van der Waals surface area contributed by atoms with Crippen molar-refractivity contribution in [3.63, 3.8) is 0 Å². The molecule has 2 amide bonds. The van der Waals surface area contributed by atoms with Crippen LogP contribution < -0.4 is 10.6 Å². The highest BCUT2D eigenvalue weighted by Crippen LogP contribution is 2.28. The van der Waals surface area contributed by atoms with Crippen molar-refractivity contribution in [2.75, 3.05) is 12.4 Å². The van der Waals surface area contributed by atoms with Gasteiger partial charge in [-0.05, 0) is 42.8 Å². The highest BCUT2D eigenvalue weighted by atomic mass is 35.5. The zero-order valence-electron chi connectivity index (χ0n) is 19.8. The van der Waals surface area contributed by atoms with Crippen LogP contribution in [0.1, 0.15) is 43.4 Å². The van der Waals surface area contributed by atoms with Gasteiger partial charge in [0.05, 0.1) is 52.0 Å².